The van der Waals surface area contributed by atoms with Crippen LogP contribution in [0.2, 0.25) is 10.0 Å². The SMILES string of the molecule is NC[C@H]1CC[C@@H](C(=O)NCC(O)c2c(Cl)cccc2Cl)O1. The van der Waals surface area contributed by atoms with Crippen LogP contribution in [0.1, 0.15) is 24.5 Å². The van der Waals surface area contributed by atoms with E-state index in [0.29, 0.717) is 28.6 Å². The minimum atomic E-state index is -0.971. The number of rotatable bonds is 5. The van der Waals surface area contributed by atoms with Crippen molar-refractivity contribution in [3.63, 3.8) is 0 Å². The van der Waals surface area contributed by atoms with Crippen molar-refractivity contribution < 1.29 is 14.6 Å². The van der Waals surface area contributed by atoms with Gasteiger partial charge in [0.25, 0.3) is 0 Å². The van der Waals surface area contributed by atoms with Gasteiger partial charge in [-0.3, -0.25) is 4.79 Å². The Morgan fingerprint density at radius 3 is 2.67 bits per heavy atom. The van der Waals surface area contributed by atoms with Crippen LogP contribution in [0, 0.1) is 0 Å². The number of aliphatic hydroxyl groups is 1. The summed E-state index contributed by atoms with van der Waals surface area (Å²) in [5.41, 5.74) is 5.91. The fourth-order valence-corrected chi connectivity index (χ4v) is 2.96. The summed E-state index contributed by atoms with van der Waals surface area (Å²) in [4.78, 5) is 12.0. The zero-order chi connectivity index (χ0) is 15.4. The van der Waals surface area contributed by atoms with Crippen LogP contribution in [0.15, 0.2) is 18.2 Å². The largest absolute Gasteiger partial charge is 0.386 e. The van der Waals surface area contributed by atoms with Crippen LogP contribution >= 0.6 is 23.2 Å². The molecule has 1 aliphatic heterocycles. The summed E-state index contributed by atoms with van der Waals surface area (Å²) in [5.74, 6) is -0.256. The van der Waals surface area contributed by atoms with Crippen LogP contribution in [0.25, 0.3) is 0 Å². The maximum absolute atomic E-state index is 12.0. The standard InChI is InChI=1S/C14H18Cl2N2O3/c15-9-2-1-3-10(16)13(9)11(19)7-18-14(20)12-5-4-8(6-17)21-12/h1-3,8,11-12,19H,4-7,17H2,(H,18,20)/t8-,11?,12+/m1/s1. The zero-order valence-electron chi connectivity index (χ0n) is 11.4. The van der Waals surface area contributed by atoms with Crippen LogP contribution in [0.4, 0.5) is 0 Å². The summed E-state index contributed by atoms with van der Waals surface area (Å²) in [5, 5.41) is 13.5. The minimum absolute atomic E-state index is 0.0233. The van der Waals surface area contributed by atoms with E-state index in [1.54, 1.807) is 18.2 Å². The molecular weight excluding hydrogens is 315 g/mol. The second-order valence-electron chi connectivity index (χ2n) is 4.96. The van der Waals surface area contributed by atoms with E-state index in [0.717, 1.165) is 6.42 Å². The number of hydrogen-bond acceptors (Lipinski definition) is 4. The summed E-state index contributed by atoms with van der Waals surface area (Å²) >= 11 is 12.0. The molecule has 0 saturated carbocycles. The summed E-state index contributed by atoms with van der Waals surface area (Å²) in [7, 11) is 0. The molecule has 1 heterocycles. The van der Waals surface area contributed by atoms with Crippen molar-refractivity contribution in [1.82, 2.24) is 5.32 Å². The monoisotopic (exact) mass is 332 g/mol. The quantitative estimate of drug-likeness (QED) is 0.765. The Labute approximate surface area is 133 Å². The molecule has 4 N–H and O–H groups in total. The lowest BCUT2D eigenvalue weighted by Crippen LogP contribution is -2.37. The lowest BCUT2D eigenvalue weighted by molar-refractivity contribution is -0.132. The smallest absolute Gasteiger partial charge is 0.249 e. The molecule has 1 fully saturated rings. The normalized spacial score (nSPS) is 23.0. The van der Waals surface area contributed by atoms with E-state index in [2.05, 4.69) is 5.32 Å². The first-order valence-corrected chi connectivity index (χ1v) is 7.53. The average Bonchev–Trinajstić information content (AvgIpc) is 2.93. The third-order valence-electron chi connectivity index (χ3n) is 3.47. The summed E-state index contributed by atoms with van der Waals surface area (Å²) in [6, 6.07) is 4.97. The van der Waals surface area contributed by atoms with E-state index < -0.39 is 12.2 Å². The molecule has 0 aromatic heterocycles. The molecule has 1 saturated heterocycles. The topological polar surface area (TPSA) is 84.6 Å². The fraction of sp³-hybridized carbons (Fsp3) is 0.500. The van der Waals surface area contributed by atoms with E-state index in [1.807, 2.05) is 0 Å². The van der Waals surface area contributed by atoms with Crippen molar-refractivity contribution in [3.05, 3.63) is 33.8 Å². The predicted molar refractivity (Wildman–Crippen MR) is 81.4 cm³/mol. The van der Waals surface area contributed by atoms with Crippen molar-refractivity contribution in [2.75, 3.05) is 13.1 Å². The van der Waals surface area contributed by atoms with Gasteiger partial charge in [-0.05, 0) is 25.0 Å². The number of hydrogen-bond donors (Lipinski definition) is 3. The Morgan fingerprint density at radius 2 is 2.10 bits per heavy atom. The molecule has 116 valence electrons. The fourth-order valence-electron chi connectivity index (χ4n) is 2.31. The number of carbonyl (C=O) groups is 1. The number of benzene rings is 1. The third kappa shape index (κ3) is 4.08. The molecule has 1 aromatic rings. The molecule has 7 heteroatoms. The summed E-state index contributed by atoms with van der Waals surface area (Å²) in [6.45, 7) is 0.428. The molecule has 1 aromatic carbocycles. The number of carbonyl (C=O) groups excluding carboxylic acids is 1. The summed E-state index contributed by atoms with van der Waals surface area (Å²) < 4.78 is 5.49. The molecule has 0 aliphatic carbocycles. The van der Waals surface area contributed by atoms with Crippen LogP contribution in [0.5, 0.6) is 0 Å². The molecule has 1 unspecified atom stereocenters. The van der Waals surface area contributed by atoms with Crippen molar-refractivity contribution in [1.29, 1.82) is 0 Å². The first-order valence-electron chi connectivity index (χ1n) is 6.78. The van der Waals surface area contributed by atoms with Crippen molar-refractivity contribution in [2.24, 2.45) is 5.73 Å². The van der Waals surface area contributed by atoms with Crippen molar-refractivity contribution in [2.45, 2.75) is 31.2 Å². The van der Waals surface area contributed by atoms with E-state index in [9.17, 15) is 9.90 Å². The number of nitrogens with two attached hydrogens (primary N) is 1. The van der Waals surface area contributed by atoms with Crippen LogP contribution < -0.4 is 11.1 Å². The van der Waals surface area contributed by atoms with Gasteiger partial charge in [0.15, 0.2) is 0 Å². The Kier molecular flexibility index (Phi) is 5.84. The van der Waals surface area contributed by atoms with Crippen LogP contribution in [-0.4, -0.2) is 36.3 Å². The number of nitrogens with one attached hydrogen (secondary N) is 1. The van der Waals surface area contributed by atoms with Crippen LogP contribution in [-0.2, 0) is 9.53 Å². The highest BCUT2D eigenvalue weighted by molar-refractivity contribution is 6.36. The molecule has 5 nitrogen and oxygen atoms in total. The highest BCUT2D eigenvalue weighted by Crippen LogP contribution is 2.30. The summed E-state index contributed by atoms with van der Waals surface area (Å²) in [6.07, 6.45) is -0.137. The molecule has 0 bridgehead atoms. The van der Waals surface area contributed by atoms with Crippen molar-refractivity contribution >= 4 is 29.1 Å². The highest BCUT2D eigenvalue weighted by atomic mass is 35.5. The van der Waals surface area contributed by atoms with E-state index in [-0.39, 0.29) is 18.6 Å². The Morgan fingerprint density at radius 1 is 1.43 bits per heavy atom. The van der Waals surface area contributed by atoms with Gasteiger partial charge in [0.1, 0.15) is 6.10 Å². The number of halogens is 2. The van der Waals surface area contributed by atoms with E-state index >= 15 is 0 Å². The lowest BCUT2D eigenvalue weighted by atomic mass is 10.1. The Hall–Kier alpha value is -0.850. The maximum atomic E-state index is 12.0. The van der Waals surface area contributed by atoms with E-state index in [1.165, 1.54) is 0 Å². The van der Waals surface area contributed by atoms with Gasteiger partial charge in [0.05, 0.1) is 12.2 Å². The van der Waals surface area contributed by atoms with Gasteiger partial charge in [-0.15, -0.1) is 0 Å². The first-order chi connectivity index (χ1) is 10.0. The zero-order valence-corrected chi connectivity index (χ0v) is 12.9. The molecule has 0 radical (unpaired) electrons. The molecule has 21 heavy (non-hydrogen) atoms. The minimum Gasteiger partial charge on any atom is -0.386 e. The number of aliphatic hydroxyl groups excluding tert-OH is 1. The van der Waals surface area contributed by atoms with Gasteiger partial charge in [0, 0.05) is 28.7 Å². The lowest BCUT2D eigenvalue weighted by Gasteiger charge is -2.17. The first kappa shape index (κ1) is 16.5. The molecule has 1 aliphatic rings. The van der Waals surface area contributed by atoms with E-state index in [4.69, 9.17) is 33.7 Å². The van der Waals surface area contributed by atoms with Gasteiger partial charge >= 0.3 is 0 Å². The molecule has 1 amide bonds. The average molecular weight is 333 g/mol. The van der Waals surface area contributed by atoms with Gasteiger partial charge in [0.2, 0.25) is 5.91 Å². The molecular formula is C14H18Cl2N2O3. The Balaban J connectivity index is 1.89. The van der Waals surface area contributed by atoms with Gasteiger partial charge in [-0.1, -0.05) is 29.3 Å². The van der Waals surface area contributed by atoms with Crippen molar-refractivity contribution in [3.8, 4) is 0 Å². The van der Waals surface area contributed by atoms with Crippen LogP contribution in [0.3, 0.4) is 0 Å². The van der Waals surface area contributed by atoms with Gasteiger partial charge in [-0.2, -0.15) is 0 Å². The molecule has 3 atom stereocenters. The molecule has 0 spiro atoms. The third-order valence-corrected chi connectivity index (χ3v) is 4.12. The maximum Gasteiger partial charge on any atom is 0.249 e. The predicted octanol–water partition coefficient (Wildman–Crippen LogP) is 1.65. The number of ether oxygens (including phenoxy) is 1. The second-order valence-corrected chi connectivity index (χ2v) is 5.77. The Bertz CT molecular complexity index is 493. The highest BCUT2D eigenvalue weighted by Gasteiger charge is 2.30. The number of amides is 1. The second kappa shape index (κ2) is 7.42. The van der Waals surface area contributed by atoms with Gasteiger partial charge in [-0.25, -0.2) is 0 Å². The molecule has 2 rings (SSSR count). The van der Waals surface area contributed by atoms with Gasteiger partial charge < -0.3 is 20.9 Å².